The molecular formula is C11H13N3O4. The van der Waals surface area contributed by atoms with Gasteiger partial charge in [0.1, 0.15) is 0 Å². The first kappa shape index (κ1) is 13.7. The Kier molecular flexibility index (Phi) is 4.82. The van der Waals surface area contributed by atoms with Crippen molar-refractivity contribution >= 4 is 23.5 Å². The molecule has 7 nitrogen and oxygen atoms in total. The van der Waals surface area contributed by atoms with E-state index in [9.17, 15) is 14.4 Å². The first-order chi connectivity index (χ1) is 8.54. The lowest BCUT2D eigenvalue weighted by Crippen LogP contribution is -2.36. The number of amides is 2. The molecule has 0 aromatic heterocycles. The summed E-state index contributed by atoms with van der Waals surface area (Å²) in [5, 5.41) is 13.6. The first-order valence-electron chi connectivity index (χ1n) is 5.13. The number of nitrogens with two attached hydrogens (primary N) is 1. The fraction of sp³-hybridized carbons (Fsp3) is 0.182. The molecule has 0 aliphatic carbocycles. The Hall–Kier alpha value is -2.41. The zero-order valence-electron chi connectivity index (χ0n) is 9.47. The summed E-state index contributed by atoms with van der Waals surface area (Å²) in [6, 6.07) is 5.98. The zero-order chi connectivity index (χ0) is 13.5. The smallest absolute Gasteiger partial charge is 0.337 e. The molecule has 96 valence electrons. The number of aromatic carboxylic acids is 1. The van der Waals surface area contributed by atoms with E-state index in [-0.39, 0.29) is 24.3 Å². The van der Waals surface area contributed by atoms with E-state index in [1.807, 2.05) is 0 Å². The van der Waals surface area contributed by atoms with Crippen LogP contribution in [0.15, 0.2) is 24.3 Å². The normalized spacial score (nSPS) is 9.61. The third-order valence-corrected chi connectivity index (χ3v) is 2.06. The van der Waals surface area contributed by atoms with E-state index in [0.29, 0.717) is 0 Å². The van der Waals surface area contributed by atoms with Gasteiger partial charge in [0.2, 0.25) is 11.8 Å². The molecule has 18 heavy (non-hydrogen) atoms. The summed E-state index contributed by atoms with van der Waals surface area (Å²) in [7, 11) is 0. The van der Waals surface area contributed by atoms with Gasteiger partial charge < -0.3 is 21.5 Å². The van der Waals surface area contributed by atoms with E-state index >= 15 is 0 Å². The maximum Gasteiger partial charge on any atom is 0.337 e. The fourth-order valence-electron chi connectivity index (χ4n) is 1.22. The second-order valence-corrected chi connectivity index (χ2v) is 3.38. The first-order valence-corrected chi connectivity index (χ1v) is 5.13. The quantitative estimate of drug-likeness (QED) is 0.556. The Morgan fingerprint density at radius 2 is 1.83 bits per heavy atom. The van der Waals surface area contributed by atoms with Crippen molar-refractivity contribution in [2.45, 2.75) is 0 Å². The number of rotatable bonds is 5. The lowest BCUT2D eigenvalue weighted by Gasteiger charge is -2.08. The Bertz CT molecular complexity index is 473. The SMILES string of the molecule is NCC(=O)NCC(=O)Nc1ccccc1C(=O)O. The molecule has 1 aromatic rings. The molecule has 1 rings (SSSR count). The van der Waals surface area contributed by atoms with Gasteiger partial charge in [0.05, 0.1) is 24.3 Å². The van der Waals surface area contributed by atoms with Crippen molar-refractivity contribution in [3.05, 3.63) is 29.8 Å². The lowest BCUT2D eigenvalue weighted by molar-refractivity contribution is -0.123. The molecule has 1 aromatic carbocycles. The molecule has 0 radical (unpaired) electrons. The van der Waals surface area contributed by atoms with Gasteiger partial charge in [0.15, 0.2) is 0 Å². The van der Waals surface area contributed by atoms with E-state index in [1.165, 1.54) is 12.1 Å². The number of carbonyl (C=O) groups excluding carboxylic acids is 2. The number of carboxylic acids is 1. The minimum absolute atomic E-state index is 0.0176. The van der Waals surface area contributed by atoms with Crippen LogP contribution in [-0.2, 0) is 9.59 Å². The maximum atomic E-state index is 11.4. The molecule has 0 aliphatic rings. The number of benzene rings is 1. The number of carboxylic acid groups (broad SMARTS) is 1. The van der Waals surface area contributed by atoms with Gasteiger partial charge in [-0.3, -0.25) is 9.59 Å². The van der Waals surface area contributed by atoms with Gasteiger partial charge in [-0.2, -0.15) is 0 Å². The third-order valence-electron chi connectivity index (χ3n) is 2.06. The highest BCUT2D eigenvalue weighted by Crippen LogP contribution is 2.14. The van der Waals surface area contributed by atoms with Crippen LogP contribution in [0.1, 0.15) is 10.4 Å². The number of nitrogens with one attached hydrogen (secondary N) is 2. The molecule has 0 fully saturated rings. The molecule has 2 amide bonds. The van der Waals surface area contributed by atoms with E-state index in [2.05, 4.69) is 10.6 Å². The molecule has 0 unspecified atom stereocenters. The van der Waals surface area contributed by atoms with Crippen LogP contribution in [0.2, 0.25) is 0 Å². The summed E-state index contributed by atoms with van der Waals surface area (Å²) < 4.78 is 0. The molecule has 7 heteroatoms. The highest BCUT2D eigenvalue weighted by molar-refractivity contribution is 6.01. The van der Waals surface area contributed by atoms with Crippen molar-refractivity contribution < 1.29 is 19.5 Å². The van der Waals surface area contributed by atoms with Gasteiger partial charge in [-0.1, -0.05) is 12.1 Å². The van der Waals surface area contributed by atoms with E-state index in [4.69, 9.17) is 10.8 Å². The largest absolute Gasteiger partial charge is 0.478 e. The third kappa shape index (κ3) is 3.87. The van der Waals surface area contributed by atoms with Crippen LogP contribution in [0, 0.1) is 0 Å². The van der Waals surface area contributed by atoms with Gasteiger partial charge in [-0.05, 0) is 12.1 Å². The number of anilines is 1. The van der Waals surface area contributed by atoms with Gasteiger partial charge in [0.25, 0.3) is 0 Å². The summed E-state index contributed by atoms with van der Waals surface area (Å²) in [6.45, 7) is -0.469. The van der Waals surface area contributed by atoms with Gasteiger partial charge in [0, 0.05) is 0 Å². The predicted octanol–water partition coefficient (Wildman–Crippen LogP) is -0.602. The van der Waals surface area contributed by atoms with Gasteiger partial charge >= 0.3 is 5.97 Å². The van der Waals surface area contributed by atoms with Crippen molar-refractivity contribution in [3.8, 4) is 0 Å². The molecule has 0 aliphatic heterocycles. The number of hydrogen-bond donors (Lipinski definition) is 4. The molecule has 0 saturated heterocycles. The minimum atomic E-state index is -1.14. The van der Waals surface area contributed by atoms with Crippen LogP contribution < -0.4 is 16.4 Å². The minimum Gasteiger partial charge on any atom is -0.478 e. The van der Waals surface area contributed by atoms with E-state index in [1.54, 1.807) is 12.1 Å². The molecular weight excluding hydrogens is 238 g/mol. The standard InChI is InChI=1S/C11H13N3O4/c12-5-9(15)13-6-10(16)14-8-4-2-1-3-7(8)11(17)18/h1-4H,5-6,12H2,(H,13,15)(H,14,16)(H,17,18). The molecule has 0 bridgehead atoms. The second-order valence-electron chi connectivity index (χ2n) is 3.38. The molecule has 0 heterocycles. The summed E-state index contributed by atoms with van der Waals surface area (Å²) in [5.41, 5.74) is 5.21. The van der Waals surface area contributed by atoms with Crippen molar-refractivity contribution in [3.63, 3.8) is 0 Å². The Morgan fingerprint density at radius 1 is 1.17 bits per heavy atom. The lowest BCUT2D eigenvalue weighted by atomic mass is 10.2. The summed E-state index contributed by atoms with van der Waals surface area (Å²) in [6.07, 6.45) is 0. The topological polar surface area (TPSA) is 122 Å². The Morgan fingerprint density at radius 3 is 2.44 bits per heavy atom. The predicted molar refractivity (Wildman–Crippen MR) is 64.1 cm³/mol. The second kappa shape index (κ2) is 6.36. The van der Waals surface area contributed by atoms with Crippen molar-refractivity contribution in [2.75, 3.05) is 18.4 Å². The summed E-state index contributed by atoms with van der Waals surface area (Å²) >= 11 is 0. The highest BCUT2D eigenvalue weighted by atomic mass is 16.4. The number of para-hydroxylation sites is 1. The molecule has 5 N–H and O–H groups in total. The average Bonchev–Trinajstić information content (AvgIpc) is 2.36. The Labute approximate surface area is 103 Å². The van der Waals surface area contributed by atoms with Crippen LogP contribution in [0.25, 0.3) is 0 Å². The molecule has 0 saturated carbocycles. The Balaban J connectivity index is 2.65. The fourth-order valence-corrected chi connectivity index (χ4v) is 1.22. The molecule has 0 atom stereocenters. The van der Waals surface area contributed by atoms with Gasteiger partial charge in [-0.15, -0.1) is 0 Å². The van der Waals surface area contributed by atoms with Crippen LogP contribution in [0.3, 0.4) is 0 Å². The van der Waals surface area contributed by atoms with Crippen molar-refractivity contribution in [1.29, 1.82) is 0 Å². The van der Waals surface area contributed by atoms with Crippen molar-refractivity contribution in [1.82, 2.24) is 5.32 Å². The zero-order valence-corrected chi connectivity index (χ0v) is 9.47. The van der Waals surface area contributed by atoms with E-state index < -0.39 is 17.8 Å². The summed E-state index contributed by atoms with van der Waals surface area (Å²) in [5.74, 6) is -2.13. The van der Waals surface area contributed by atoms with Crippen LogP contribution >= 0.6 is 0 Å². The van der Waals surface area contributed by atoms with Crippen LogP contribution in [0.4, 0.5) is 5.69 Å². The van der Waals surface area contributed by atoms with E-state index in [0.717, 1.165) is 0 Å². The van der Waals surface area contributed by atoms with Crippen molar-refractivity contribution in [2.24, 2.45) is 5.73 Å². The highest BCUT2D eigenvalue weighted by Gasteiger charge is 2.11. The molecule has 0 spiro atoms. The monoisotopic (exact) mass is 251 g/mol. The maximum absolute atomic E-state index is 11.4. The van der Waals surface area contributed by atoms with Crippen LogP contribution in [-0.4, -0.2) is 36.0 Å². The number of hydrogen-bond acceptors (Lipinski definition) is 4. The van der Waals surface area contributed by atoms with Crippen LogP contribution in [0.5, 0.6) is 0 Å². The average molecular weight is 251 g/mol. The van der Waals surface area contributed by atoms with Gasteiger partial charge in [-0.25, -0.2) is 4.79 Å². The number of carbonyl (C=O) groups is 3. The summed E-state index contributed by atoms with van der Waals surface area (Å²) in [4.78, 5) is 33.2.